The zero-order valence-electron chi connectivity index (χ0n) is 10.3. The molecule has 1 saturated carbocycles. The molecule has 6 nitrogen and oxygen atoms in total. The first-order valence-corrected chi connectivity index (χ1v) is 6.16. The van der Waals surface area contributed by atoms with Crippen LogP contribution >= 0.6 is 0 Å². The number of carbonyl (C=O) groups excluding carboxylic acids is 1. The summed E-state index contributed by atoms with van der Waals surface area (Å²) in [6, 6.07) is 0. The van der Waals surface area contributed by atoms with Gasteiger partial charge in [-0.2, -0.15) is 5.10 Å². The molecule has 6 heteroatoms. The van der Waals surface area contributed by atoms with Crippen molar-refractivity contribution >= 4 is 17.6 Å². The molecular weight excluding hydrogens is 234 g/mol. The normalized spacial score (nSPS) is 22.9. The van der Waals surface area contributed by atoms with Crippen molar-refractivity contribution in [1.29, 1.82) is 0 Å². The predicted octanol–water partition coefficient (Wildman–Crippen LogP) is 1.34. The van der Waals surface area contributed by atoms with E-state index >= 15 is 0 Å². The van der Waals surface area contributed by atoms with Crippen molar-refractivity contribution in [3.8, 4) is 0 Å². The number of anilines is 1. The summed E-state index contributed by atoms with van der Waals surface area (Å²) < 4.78 is 1.73. The summed E-state index contributed by atoms with van der Waals surface area (Å²) in [5.74, 6) is -1.48. The molecule has 0 radical (unpaired) electrons. The summed E-state index contributed by atoms with van der Waals surface area (Å²) >= 11 is 0. The fourth-order valence-corrected chi connectivity index (χ4v) is 2.29. The average molecular weight is 251 g/mol. The van der Waals surface area contributed by atoms with Crippen molar-refractivity contribution in [3.05, 3.63) is 12.4 Å². The summed E-state index contributed by atoms with van der Waals surface area (Å²) in [6.07, 6.45) is 5.03. The molecule has 98 valence electrons. The minimum absolute atomic E-state index is 0.102. The van der Waals surface area contributed by atoms with Crippen LogP contribution in [0.2, 0.25) is 0 Å². The zero-order valence-corrected chi connectivity index (χ0v) is 10.3. The molecule has 0 saturated heterocycles. The van der Waals surface area contributed by atoms with Gasteiger partial charge in [0.15, 0.2) is 0 Å². The van der Waals surface area contributed by atoms with Gasteiger partial charge in [-0.05, 0) is 26.2 Å². The largest absolute Gasteiger partial charge is 0.481 e. The molecule has 2 atom stereocenters. The van der Waals surface area contributed by atoms with Crippen LogP contribution in [0.15, 0.2) is 12.4 Å². The van der Waals surface area contributed by atoms with E-state index in [4.69, 9.17) is 5.11 Å². The van der Waals surface area contributed by atoms with Crippen LogP contribution in [-0.4, -0.2) is 26.8 Å². The number of aliphatic carboxylic acids is 1. The molecule has 2 N–H and O–H groups in total. The van der Waals surface area contributed by atoms with Gasteiger partial charge in [-0.1, -0.05) is 0 Å². The highest BCUT2D eigenvalue weighted by Crippen LogP contribution is 2.31. The van der Waals surface area contributed by atoms with E-state index in [9.17, 15) is 9.59 Å². The number of aromatic nitrogens is 2. The lowest BCUT2D eigenvalue weighted by molar-refractivity contribution is -0.141. The van der Waals surface area contributed by atoms with Gasteiger partial charge in [0.2, 0.25) is 5.91 Å². The van der Waals surface area contributed by atoms with Crippen LogP contribution in [0.4, 0.5) is 5.69 Å². The lowest BCUT2D eigenvalue weighted by Gasteiger charge is -2.08. The van der Waals surface area contributed by atoms with Gasteiger partial charge in [0.1, 0.15) is 0 Å². The third kappa shape index (κ3) is 2.69. The first-order valence-electron chi connectivity index (χ1n) is 6.16. The van der Waals surface area contributed by atoms with Gasteiger partial charge in [0.25, 0.3) is 0 Å². The van der Waals surface area contributed by atoms with Crippen molar-refractivity contribution < 1.29 is 14.7 Å². The molecule has 1 aliphatic rings. The number of carboxylic acid groups (broad SMARTS) is 1. The van der Waals surface area contributed by atoms with Gasteiger partial charge in [-0.25, -0.2) is 0 Å². The monoisotopic (exact) mass is 251 g/mol. The van der Waals surface area contributed by atoms with Crippen LogP contribution in [0.3, 0.4) is 0 Å². The van der Waals surface area contributed by atoms with E-state index in [0.29, 0.717) is 24.9 Å². The molecule has 0 spiro atoms. The molecule has 1 aromatic heterocycles. The van der Waals surface area contributed by atoms with Crippen LogP contribution in [0.25, 0.3) is 0 Å². The van der Waals surface area contributed by atoms with Gasteiger partial charge >= 0.3 is 5.97 Å². The van der Waals surface area contributed by atoms with Crippen molar-refractivity contribution in [2.45, 2.75) is 32.7 Å². The van der Waals surface area contributed by atoms with Crippen LogP contribution in [0, 0.1) is 11.8 Å². The Labute approximate surface area is 105 Å². The Hall–Kier alpha value is -1.85. The Morgan fingerprint density at radius 2 is 2.22 bits per heavy atom. The molecule has 1 fully saturated rings. The number of nitrogens with zero attached hydrogens (tertiary/aromatic N) is 2. The summed E-state index contributed by atoms with van der Waals surface area (Å²) in [7, 11) is 0. The number of amides is 1. The van der Waals surface area contributed by atoms with Crippen molar-refractivity contribution in [3.63, 3.8) is 0 Å². The molecular formula is C12H17N3O3. The summed E-state index contributed by atoms with van der Waals surface area (Å²) in [5.41, 5.74) is 0.667. The van der Waals surface area contributed by atoms with E-state index < -0.39 is 5.97 Å². The predicted molar refractivity (Wildman–Crippen MR) is 65.0 cm³/mol. The van der Waals surface area contributed by atoms with Crippen LogP contribution in [-0.2, 0) is 16.1 Å². The molecule has 0 aromatic carbocycles. The molecule has 0 unspecified atom stereocenters. The van der Waals surface area contributed by atoms with E-state index in [2.05, 4.69) is 10.4 Å². The number of nitrogens with one attached hydrogen (secondary N) is 1. The molecule has 1 amide bonds. The van der Waals surface area contributed by atoms with Crippen molar-refractivity contribution in [1.82, 2.24) is 9.78 Å². The fourth-order valence-electron chi connectivity index (χ4n) is 2.29. The smallest absolute Gasteiger partial charge is 0.306 e. The molecule has 1 aromatic rings. The van der Waals surface area contributed by atoms with Gasteiger partial charge < -0.3 is 10.4 Å². The maximum Gasteiger partial charge on any atom is 0.306 e. The number of hydrogen-bond donors (Lipinski definition) is 2. The Morgan fingerprint density at radius 3 is 2.78 bits per heavy atom. The second kappa shape index (κ2) is 5.20. The third-order valence-electron chi connectivity index (χ3n) is 3.38. The number of aryl methyl sites for hydroxylation is 1. The molecule has 0 aliphatic heterocycles. The van der Waals surface area contributed by atoms with Crippen molar-refractivity contribution in [2.24, 2.45) is 11.8 Å². The van der Waals surface area contributed by atoms with Gasteiger partial charge in [0.05, 0.1) is 17.8 Å². The van der Waals surface area contributed by atoms with E-state index in [1.807, 2.05) is 6.92 Å². The molecule has 1 aliphatic carbocycles. The second-order valence-corrected chi connectivity index (χ2v) is 4.62. The third-order valence-corrected chi connectivity index (χ3v) is 3.38. The van der Waals surface area contributed by atoms with Gasteiger partial charge in [-0.15, -0.1) is 0 Å². The number of rotatable bonds is 4. The topological polar surface area (TPSA) is 84.2 Å². The Morgan fingerprint density at radius 1 is 1.50 bits per heavy atom. The fraction of sp³-hybridized carbons (Fsp3) is 0.583. The average Bonchev–Trinajstić information content (AvgIpc) is 2.97. The summed E-state index contributed by atoms with van der Waals surface area (Å²) in [5, 5.41) is 15.7. The molecule has 18 heavy (non-hydrogen) atoms. The summed E-state index contributed by atoms with van der Waals surface area (Å²) in [6.45, 7) is 2.72. The lowest BCUT2D eigenvalue weighted by Crippen LogP contribution is -2.21. The quantitative estimate of drug-likeness (QED) is 0.845. The summed E-state index contributed by atoms with van der Waals surface area (Å²) in [4.78, 5) is 22.8. The lowest BCUT2D eigenvalue weighted by atomic mass is 10.0. The SMILES string of the molecule is CCn1cc(NC(=O)[C@@H]2CC[C@H](C(=O)O)C2)cn1. The zero-order chi connectivity index (χ0) is 13.1. The number of carbonyl (C=O) groups is 2. The van der Waals surface area contributed by atoms with E-state index in [0.717, 1.165) is 6.54 Å². The first kappa shape index (κ1) is 12.6. The van der Waals surface area contributed by atoms with Gasteiger partial charge in [0, 0.05) is 18.7 Å². The van der Waals surface area contributed by atoms with Crippen molar-refractivity contribution in [2.75, 3.05) is 5.32 Å². The maximum atomic E-state index is 11.9. The van der Waals surface area contributed by atoms with E-state index in [-0.39, 0.29) is 17.7 Å². The van der Waals surface area contributed by atoms with E-state index in [1.165, 1.54) is 0 Å². The standard InChI is InChI=1S/C12H17N3O3/c1-2-15-7-10(6-13-15)14-11(16)8-3-4-9(5-8)12(17)18/h6-9H,2-5H2,1H3,(H,14,16)(H,17,18)/t8-,9+/m1/s1. The Balaban J connectivity index is 1.91. The highest BCUT2D eigenvalue weighted by molar-refractivity contribution is 5.93. The number of carboxylic acids is 1. The minimum Gasteiger partial charge on any atom is -0.481 e. The Kier molecular flexibility index (Phi) is 3.64. The Bertz CT molecular complexity index is 455. The highest BCUT2D eigenvalue weighted by atomic mass is 16.4. The highest BCUT2D eigenvalue weighted by Gasteiger charge is 2.33. The maximum absolute atomic E-state index is 11.9. The van der Waals surface area contributed by atoms with Gasteiger partial charge in [-0.3, -0.25) is 14.3 Å². The molecule has 1 heterocycles. The first-order chi connectivity index (χ1) is 8.60. The van der Waals surface area contributed by atoms with Crippen LogP contribution in [0.5, 0.6) is 0 Å². The second-order valence-electron chi connectivity index (χ2n) is 4.62. The minimum atomic E-state index is -0.802. The van der Waals surface area contributed by atoms with Crippen LogP contribution in [0.1, 0.15) is 26.2 Å². The molecule has 2 rings (SSSR count). The number of hydrogen-bond acceptors (Lipinski definition) is 3. The molecule has 0 bridgehead atoms. The van der Waals surface area contributed by atoms with Crippen LogP contribution < -0.4 is 5.32 Å². The van der Waals surface area contributed by atoms with E-state index in [1.54, 1.807) is 17.1 Å².